The van der Waals surface area contributed by atoms with E-state index >= 15 is 0 Å². The Labute approximate surface area is 120 Å². The van der Waals surface area contributed by atoms with Gasteiger partial charge in [-0.25, -0.2) is 0 Å². The molecular weight excluding hydrogens is 260 g/mol. The Kier molecular flexibility index (Phi) is 6.48. The lowest BCUT2D eigenvalue weighted by Gasteiger charge is -2.26. The molecule has 0 aliphatic carbocycles. The summed E-state index contributed by atoms with van der Waals surface area (Å²) in [6, 6.07) is 7.60. The Balaban J connectivity index is 1.50. The van der Waals surface area contributed by atoms with Crippen LogP contribution in [-0.2, 0) is 0 Å². The fourth-order valence-corrected chi connectivity index (χ4v) is 2.48. The van der Waals surface area contributed by atoms with Crippen LogP contribution in [0.2, 0.25) is 5.02 Å². The van der Waals surface area contributed by atoms with Gasteiger partial charge in [0.15, 0.2) is 0 Å². The highest BCUT2D eigenvalue weighted by atomic mass is 35.5. The molecule has 1 fully saturated rings. The van der Waals surface area contributed by atoms with E-state index in [1.54, 1.807) is 0 Å². The summed E-state index contributed by atoms with van der Waals surface area (Å²) in [5.74, 6) is 0.870. The van der Waals surface area contributed by atoms with E-state index < -0.39 is 0 Å². The first-order valence-electron chi connectivity index (χ1n) is 7.16. The first kappa shape index (κ1) is 14.6. The van der Waals surface area contributed by atoms with Crippen LogP contribution in [0.1, 0.15) is 19.3 Å². The van der Waals surface area contributed by atoms with Gasteiger partial charge in [0.2, 0.25) is 0 Å². The van der Waals surface area contributed by atoms with E-state index in [0.717, 1.165) is 36.9 Å². The quantitative estimate of drug-likeness (QED) is 0.779. The number of ether oxygens (including phenoxy) is 1. The molecule has 1 aromatic carbocycles. The highest BCUT2D eigenvalue weighted by Crippen LogP contribution is 2.17. The average molecular weight is 283 g/mol. The maximum absolute atomic E-state index is 5.90. The van der Waals surface area contributed by atoms with Gasteiger partial charge in [-0.3, -0.25) is 0 Å². The maximum atomic E-state index is 5.90. The van der Waals surface area contributed by atoms with E-state index in [-0.39, 0.29) is 0 Å². The summed E-state index contributed by atoms with van der Waals surface area (Å²) in [6.45, 7) is 6.66. The van der Waals surface area contributed by atoms with Gasteiger partial charge in [-0.2, -0.15) is 0 Å². The van der Waals surface area contributed by atoms with Crippen molar-refractivity contribution in [1.29, 1.82) is 0 Å². The number of benzene rings is 1. The van der Waals surface area contributed by atoms with Gasteiger partial charge in [0, 0.05) is 31.2 Å². The molecule has 0 saturated carbocycles. The standard InChI is InChI=1S/C15H23ClN2O/c16-14-5-4-6-15(13-14)19-12-3-1-2-9-18-10-7-17-8-11-18/h4-6,13,17H,1-3,7-12H2. The Hall–Kier alpha value is -0.770. The molecule has 106 valence electrons. The Morgan fingerprint density at radius 1 is 1.16 bits per heavy atom. The van der Waals surface area contributed by atoms with Crippen molar-refractivity contribution < 1.29 is 4.74 Å². The van der Waals surface area contributed by atoms with Crippen LogP contribution in [0.5, 0.6) is 5.75 Å². The van der Waals surface area contributed by atoms with Crippen molar-refractivity contribution in [2.75, 3.05) is 39.3 Å². The summed E-state index contributed by atoms with van der Waals surface area (Å²) >= 11 is 5.90. The number of piperazine rings is 1. The Morgan fingerprint density at radius 2 is 2.00 bits per heavy atom. The second kappa shape index (κ2) is 8.41. The van der Waals surface area contributed by atoms with Crippen molar-refractivity contribution in [1.82, 2.24) is 10.2 Å². The normalized spacial score (nSPS) is 16.5. The highest BCUT2D eigenvalue weighted by molar-refractivity contribution is 6.30. The summed E-state index contributed by atoms with van der Waals surface area (Å²) in [6.07, 6.45) is 3.60. The number of nitrogens with one attached hydrogen (secondary N) is 1. The van der Waals surface area contributed by atoms with Gasteiger partial charge >= 0.3 is 0 Å². The molecule has 1 aliphatic rings. The molecule has 1 N–H and O–H groups in total. The van der Waals surface area contributed by atoms with E-state index in [2.05, 4.69) is 10.2 Å². The predicted octanol–water partition coefficient (Wildman–Crippen LogP) is 2.79. The van der Waals surface area contributed by atoms with Crippen molar-refractivity contribution in [2.45, 2.75) is 19.3 Å². The zero-order chi connectivity index (χ0) is 13.3. The van der Waals surface area contributed by atoms with Crippen molar-refractivity contribution in [2.24, 2.45) is 0 Å². The molecule has 0 radical (unpaired) electrons. The van der Waals surface area contributed by atoms with Gasteiger partial charge < -0.3 is 15.0 Å². The molecule has 1 aromatic rings. The highest BCUT2D eigenvalue weighted by Gasteiger charge is 2.07. The van der Waals surface area contributed by atoms with Crippen LogP contribution in [0.3, 0.4) is 0 Å². The lowest BCUT2D eigenvalue weighted by Crippen LogP contribution is -2.43. The zero-order valence-electron chi connectivity index (χ0n) is 11.4. The van der Waals surface area contributed by atoms with Crippen LogP contribution in [0, 0.1) is 0 Å². The summed E-state index contributed by atoms with van der Waals surface area (Å²) < 4.78 is 5.67. The van der Waals surface area contributed by atoms with Gasteiger partial charge in [-0.05, 0) is 44.0 Å². The monoisotopic (exact) mass is 282 g/mol. The van der Waals surface area contributed by atoms with Crippen molar-refractivity contribution >= 4 is 11.6 Å². The molecule has 1 saturated heterocycles. The molecule has 3 nitrogen and oxygen atoms in total. The largest absolute Gasteiger partial charge is 0.494 e. The average Bonchev–Trinajstić information content (AvgIpc) is 2.44. The maximum Gasteiger partial charge on any atom is 0.120 e. The second-order valence-electron chi connectivity index (χ2n) is 4.96. The third-order valence-corrected chi connectivity index (χ3v) is 3.63. The third kappa shape index (κ3) is 5.81. The van der Waals surface area contributed by atoms with E-state index in [4.69, 9.17) is 16.3 Å². The minimum absolute atomic E-state index is 0.733. The molecule has 0 unspecified atom stereocenters. The van der Waals surface area contributed by atoms with Gasteiger partial charge in [-0.15, -0.1) is 0 Å². The van der Waals surface area contributed by atoms with Crippen molar-refractivity contribution in [3.05, 3.63) is 29.3 Å². The van der Waals surface area contributed by atoms with Crippen LogP contribution in [0.4, 0.5) is 0 Å². The molecule has 19 heavy (non-hydrogen) atoms. The van der Waals surface area contributed by atoms with Gasteiger partial charge in [0.25, 0.3) is 0 Å². The molecule has 0 bridgehead atoms. The number of unbranched alkanes of at least 4 members (excludes halogenated alkanes) is 2. The zero-order valence-corrected chi connectivity index (χ0v) is 12.2. The first-order chi connectivity index (χ1) is 9.34. The summed E-state index contributed by atoms with van der Waals surface area (Å²) in [4.78, 5) is 2.54. The lowest BCUT2D eigenvalue weighted by atomic mass is 10.2. The number of rotatable bonds is 7. The van der Waals surface area contributed by atoms with Crippen molar-refractivity contribution in [3.63, 3.8) is 0 Å². The molecule has 1 aliphatic heterocycles. The summed E-state index contributed by atoms with van der Waals surface area (Å²) in [5.41, 5.74) is 0. The van der Waals surface area contributed by atoms with E-state index in [1.807, 2.05) is 24.3 Å². The summed E-state index contributed by atoms with van der Waals surface area (Å²) in [7, 11) is 0. The van der Waals surface area contributed by atoms with Gasteiger partial charge in [-0.1, -0.05) is 17.7 Å². The molecule has 1 heterocycles. The molecular formula is C15H23ClN2O. The number of halogens is 1. The first-order valence-corrected chi connectivity index (χ1v) is 7.54. The fraction of sp³-hybridized carbons (Fsp3) is 0.600. The minimum Gasteiger partial charge on any atom is -0.494 e. The molecule has 0 aromatic heterocycles. The number of hydrogen-bond donors (Lipinski definition) is 1. The van der Waals surface area contributed by atoms with Crippen LogP contribution in [0.25, 0.3) is 0 Å². The topological polar surface area (TPSA) is 24.5 Å². The van der Waals surface area contributed by atoms with Crippen LogP contribution >= 0.6 is 11.6 Å². The SMILES string of the molecule is Clc1cccc(OCCCCCN2CCNCC2)c1. The number of hydrogen-bond acceptors (Lipinski definition) is 3. The van der Waals surface area contributed by atoms with E-state index in [1.165, 1.54) is 32.5 Å². The molecule has 0 amide bonds. The van der Waals surface area contributed by atoms with Crippen LogP contribution in [-0.4, -0.2) is 44.2 Å². The fourth-order valence-electron chi connectivity index (χ4n) is 2.30. The lowest BCUT2D eigenvalue weighted by molar-refractivity contribution is 0.232. The minimum atomic E-state index is 0.733. The van der Waals surface area contributed by atoms with Crippen molar-refractivity contribution in [3.8, 4) is 5.75 Å². The van der Waals surface area contributed by atoms with Gasteiger partial charge in [0.05, 0.1) is 6.61 Å². The smallest absolute Gasteiger partial charge is 0.120 e. The third-order valence-electron chi connectivity index (χ3n) is 3.39. The Bertz CT molecular complexity index is 367. The number of nitrogens with zero attached hydrogens (tertiary/aromatic N) is 1. The molecule has 0 atom stereocenters. The van der Waals surface area contributed by atoms with Crippen LogP contribution in [0.15, 0.2) is 24.3 Å². The molecule has 0 spiro atoms. The summed E-state index contributed by atoms with van der Waals surface area (Å²) in [5, 5.41) is 4.11. The van der Waals surface area contributed by atoms with E-state index in [9.17, 15) is 0 Å². The molecule has 4 heteroatoms. The Morgan fingerprint density at radius 3 is 2.79 bits per heavy atom. The molecule has 2 rings (SSSR count). The van der Waals surface area contributed by atoms with E-state index in [0.29, 0.717) is 0 Å². The second-order valence-corrected chi connectivity index (χ2v) is 5.39. The predicted molar refractivity (Wildman–Crippen MR) is 80.1 cm³/mol. The van der Waals surface area contributed by atoms with Gasteiger partial charge in [0.1, 0.15) is 5.75 Å². The van der Waals surface area contributed by atoms with Crippen LogP contribution < -0.4 is 10.1 Å².